The van der Waals surface area contributed by atoms with E-state index in [-0.39, 0.29) is 5.91 Å². The summed E-state index contributed by atoms with van der Waals surface area (Å²) < 4.78 is 2.17. The second kappa shape index (κ2) is 7.92. The van der Waals surface area contributed by atoms with Gasteiger partial charge in [-0.1, -0.05) is 68.4 Å². The van der Waals surface area contributed by atoms with Gasteiger partial charge in [0.1, 0.15) is 0 Å². The summed E-state index contributed by atoms with van der Waals surface area (Å²) in [6.07, 6.45) is 1.97. The second-order valence-electron chi connectivity index (χ2n) is 7.72. The minimum atomic E-state index is -0.127. The van der Waals surface area contributed by atoms with Crippen molar-refractivity contribution in [3.8, 4) is 0 Å². The molecule has 0 bridgehead atoms. The monoisotopic (exact) mass is 383 g/mol. The molecular formula is C25H25N3O. The second-order valence-corrected chi connectivity index (χ2v) is 7.72. The summed E-state index contributed by atoms with van der Waals surface area (Å²) in [6.45, 7) is 4.33. The van der Waals surface area contributed by atoms with Crippen molar-refractivity contribution < 1.29 is 4.79 Å². The van der Waals surface area contributed by atoms with E-state index in [1.807, 2.05) is 24.3 Å². The molecule has 0 aliphatic carbocycles. The highest BCUT2D eigenvalue weighted by molar-refractivity contribution is 6.08. The van der Waals surface area contributed by atoms with E-state index in [2.05, 4.69) is 78.5 Å². The zero-order valence-electron chi connectivity index (χ0n) is 17.0. The van der Waals surface area contributed by atoms with Gasteiger partial charge in [0.25, 0.3) is 0 Å². The van der Waals surface area contributed by atoms with E-state index in [0.29, 0.717) is 12.3 Å². The van der Waals surface area contributed by atoms with Crippen LogP contribution < -0.4 is 5.43 Å². The predicted molar refractivity (Wildman–Crippen MR) is 120 cm³/mol. The molecule has 0 aliphatic rings. The molecular weight excluding hydrogens is 358 g/mol. The summed E-state index contributed by atoms with van der Waals surface area (Å²) in [5, 5.41) is 6.53. The maximum Gasteiger partial charge on any atom is 0.244 e. The number of amides is 1. The Kier molecular flexibility index (Phi) is 5.17. The summed E-state index contributed by atoms with van der Waals surface area (Å²) >= 11 is 0. The van der Waals surface area contributed by atoms with Crippen molar-refractivity contribution in [2.45, 2.75) is 26.2 Å². The molecule has 3 aromatic carbocycles. The van der Waals surface area contributed by atoms with Gasteiger partial charge in [0.05, 0.1) is 12.6 Å². The van der Waals surface area contributed by atoms with Crippen LogP contribution in [0.15, 0.2) is 71.8 Å². The number of aromatic nitrogens is 1. The van der Waals surface area contributed by atoms with Gasteiger partial charge in [-0.3, -0.25) is 4.79 Å². The number of rotatable bonds is 5. The number of fused-ring (bicyclic) bond motifs is 3. The summed E-state index contributed by atoms with van der Waals surface area (Å²) in [7, 11) is 2.06. The highest BCUT2D eigenvalue weighted by Crippen LogP contribution is 2.28. The maximum absolute atomic E-state index is 12.3. The molecule has 0 spiro atoms. The van der Waals surface area contributed by atoms with Crippen LogP contribution in [-0.4, -0.2) is 16.7 Å². The van der Waals surface area contributed by atoms with Crippen LogP contribution in [0.2, 0.25) is 0 Å². The Bertz CT molecular complexity index is 1200. The number of hydrogen-bond acceptors (Lipinski definition) is 2. The number of nitrogens with one attached hydrogen (secondary N) is 1. The van der Waals surface area contributed by atoms with Gasteiger partial charge in [-0.2, -0.15) is 5.10 Å². The number of nitrogens with zero attached hydrogens (tertiary/aromatic N) is 2. The largest absolute Gasteiger partial charge is 0.344 e. The minimum Gasteiger partial charge on any atom is -0.344 e. The lowest BCUT2D eigenvalue weighted by atomic mass is 10.0. The van der Waals surface area contributed by atoms with Crippen LogP contribution in [0, 0.1) is 0 Å². The fourth-order valence-corrected chi connectivity index (χ4v) is 3.69. The van der Waals surface area contributed by atoms with Crippen LogP contribution in [0.5, 0.6) is 0 Å². The molecule has 0 unspecified atom stereocenters. The van der Waals surface area contributed by atoms with Crippen molar-refractivity contribution >= 4 is 33.9 Å². The molecule has 4 rings (SSSR count). The highest BCUT2D eigenvalue weighted by Gasteiger charge is 2.09. The Labute approximate surface area is 170 Å². The molecule has 0 atom stereocenters. The molecule has 1 amide bonds. The van der Waals surface area contributed by atoms with Crippen molar-refractivity contribution in [3.63, 3.8) is 0 Å². The minimum absolute atomic E-state index is 0.127. The van der Waals surface area contributed by atoms with Gasteiger partial charge < -0.3 is 4.57 Å². The molecule has 0 aliphatic heterocycles. The molecule has 4 aromatic rings. The van der Waals surface area contributed by atoms with E-state index in [1.54, 1.807) is 6.21 Å². The van der Waals surface area contributed by atoms with Gasteiger partial charge in [0, 0.05) is 28.9 Å². The van der Waals surface area contributed by atoms with Gasteiger partial charge in [0.15, 0.2) is 0 Å². The van der Waals surface area contributed by atoms with Crippen LogP contribution in [0.4, 0.5) is 0 Å². The Morgan fingerprint density at radius 2 is 1.72 bits per heavy atom. The van der Waals surface area contributed by atoms with Crippen molar-refractivity contribution in [2.24, 2.45) is 12.1 Å². The third kappa shape index (κ3) is 3.92. The molecule has 0 saturated heterocycles. The predicted octanol–water partition coefficient (Wildman–Crippen LogP) is 5.15. The first kappa shape index (κ1) is 18.9. The maximum atomic E-state index is 12.3. The van der Waals surface area contributed by atoms with E-state index in [0.717, 1.165) is 16.6 Å². The van der Waals surface area contributed by atoms with E-state index < -0.39 is 0 Å². The summed E-state index contributed by atoms with van der Waals surface area (Å²) in [4.78, 5) is 12.3. The molecule has 0 fully saturated rings. The zero-order chi connectivity index (χ0) is 20.4. The topological polar surface area (TPSA) is 46.4 Å². The number of aryl methyl sites for hydroxylation is 1. The van der Waals surface area contributed by atoms with E-state index in [9.17, 15) is 4.79 Å². The average molecular weight is 383 g/mol. The lowest BCUT2D eigenvalue weighted by Crippen LogP contribution is -2.19. The first-order valence-corrected chi connectivity index (χ1v) is 9.91. The molecule has 29 heavy (non-hydrogen) atoms. The Balaban J connectivity index is 1.44. The zero-order valence-corrected chi connectivity index (χ0v) is 17.0. The van der Waals surface area contributed by atoms with Crippen LogP contribution >= 0.6 is 0 Å². The highest BCUT2D eigenvalue weighted by atomic mass is 16.2. The van der Waals surface area contributed by atoms with Crippen LogP contribution in [-0.2, 0) is 18.3 Å². The number of hydrazone groups is 1. The van der Waals surface area contributed by atoms with Crippen LogP contribution in [0.25, 0.3) is 21.8 Å². The van der Waals surface area contributed by atoms with Gasteiger partial charge >= 0.3 is 0 Å². The molecule has 4 heteroatoms. The van der Waals surface area contributed by atoms with Crippen molar-refractivity contribution in [1.29, 1.82) is 0 Å². The average Bonchev–Trinajstić information content (AvgIpc) is 3.00. The van der Waals surface area contributed by atoms with E-state index in [4.69, 9.17) is 0 Å². The Hall–Kier alpha value is -3.40. The normalized spacial score (nSPS) is 11.7. The molecule has 4 nitrogen and oxygen atoms in total. The van der Waals surface area contributed by atoms with E-state index >= 15 is 0 Å². The fraction of sp³-hybridized carbons (Fsp3) is 0.200. The van der Waals surface area contributed by atoms with Gasteiger partial charge in [-0.15, -0.1) is 0 Å². The summed E-state index contributed by atoms with van der Waals surface area (Å²) in [5.41, 5.74) is 8.17. The quantitative estimate of drug-likeness (QED) is 0.376. The molecule has 0 saturated carbocycles. The Morgan fingerprint density at radius 1 is 1.00 bits per heavy atom. The summed E-state index contributed by atoms with van der Waals surface area (Å²) in [6, 6.07) is 22.8. The fourth-order valence-electron chi connectivity index (χ4n) is 3.69. The molecule has 0 radical (unpaired) electrons. The van der Waals surface area contributed by atoms with Crippen LogP contribution in [0.1, 0.15) is 36.5 Å². The number of carbonyl (C=O) groups excluding carboxylic acids is 1. The Morgan fingerprint density at radius 3 is 2.48 bits per heavy atom. The molecule has 1 N–H and O–H groups in total. The number of benzene rings is 3. The third-order valence-electron chi connectivity index (χ3n) is 5.35. The number of carbonyl (C=O) groups is 1. The smallest absolute Gasteiger partial charge is 0.244 e. The standard InChI is InChI=1S/C25H25N3O/c1-17(2)20-11-8-18(9-12-20)16-26-27-25(29)15-19-10-13-22-21-6-4-5-7-23(21)28(3)24(22)14-19/h4-14,16-17H,15H2,1-3H3,(H,27,29)/b26-16-. The van der Waals surface area contributed by atoms with Gasteiger partial charge in [-0.25, -0.2) is 5.43 Å². The molecule has 1 heterocycles. The number of hydrogen-bond donors (Lipinski definition) is 1. The molecule has 146 valence electrons. The van der Waals surface area contributed by atoms with Gasteiger partial charge in [-0.05, 0) is 34.7 Å². The lowest BCUT2D eigenvalue weighted by molar-refractivity contribution is -0.120. The van der Waals surface area contributed by atoms with Gasteiger partial charge in [0.2, 0.25) is 5.91 Å². The molecule has 1 aromatic heterocycles. The van der Waals surface area contributed by atoms with Crippen molar-refractivity contribution in [3.05, 3.63) is 83.4 Å². The van der Waals surface area contributed by atoms with E-state index in [1.165, 1.54) is 21.9 Å². The van der Waals surface area contributed by atoms with Crippen LogP contribution in [0.3, 0.4) is 0 Å². The van der Waals surface area contributed by atoms with Crippen molar-refractivity contribution in [1.82, 2.24) is 9.99 Å². The SMILES string of the molecule is CC(C)c1ccc(/C=N\NC(=O)Cc2ccc3c4ccccc4n(C)c3c2)cc1. The third-order valence-corrected chi connectivity index (χ3v) is 5.35. The van der Waals surface area contributed by atoms with Crippen molar-refractivity contribution in [2.75, 3.05) is 0 Å². The summed E-state index contributed by atoms with van der Waals surface area (Å²) in [5.74, 6) is 0.373. The number of para-hydroxylation sites is 1. The lowest BCUT2D eigenvalue weighted by Gasteiger charge is -2.05. The first-order chi connectivity index (χ1) is 14.0. The first-order valence-electron chi connectivity index (χ1n) is 9.91.